The Hall–Kier alpha value is -0.970. The second-order valence-electron chi connectivity index (χ2n) is 4.24. The van der Waals surface area contributed by atoms with Gasteiger partial charge >= 0.3 is 0 Å². The molecule has 1 amide bonds. The number of aryl methyl sites for hydroxylation is 2. The van der Waals surface area contributed by atoms with Crippen LogP contribution >= 0.6 is 11.8 Å². The van der Waals surface area contributed by atoms with Crippen molar-refractivity contribution in [3.8, 4) is 0 Å². The van der Waals surface area contributed by atoms with Crippen molar-refractivity contribution in [3.63, 3.8) is 0 Å². The maximum absolute atomic E-state index is 11.5. The van der Waals surface area contributed by atoms with Crippen LogP contribution in [-0.4, -0.2) is 22.4 Å². The van der Waals surface area contributed by atoms with Gasteiger partial charge in [-0.05, 0) is 26.0 Å². The van der Waals surface area contributed by atoms with E-state index in [0.29, 0.717) is 18.9 Å². The largest absolute Gasteiger partial charge is 0.444 e. The Morgan fingerprint density at radius 2 is 2.17 bits per heavy atom. The zero-order valence-electron chi connectivity index (χ0n) is 11.4. The number of carbonyl (C=O) groups is 1. The molecule has 1 aromatic heterocycles. The Morgan fingerprint density at radius 3 is 2.78 bits per heavy atom. The molecule has 0 atom stereocenters. The van der Waals surface area contributed by atoms with Crippen molar-refractivity contribution < 1.29 is 9.21 Å². The van der Waals surface area contributed by atoms with Crippen molar-refractivity contribution in [1.29, 1.82) is 0 Å². The summed E-state index contributed by atoms with van der Waals surface area (Å²) in [5.41, 5.74) is 0.884. The lowest BCUT2D eigenvalue weighted by molar-refractivity contribution is -0.120. The smallest absolute Gasteiger partial charge is 0.221 e. The third-order valence-corrected chi connectivity index (χ3v) is 3.70. The SMILES string of the molecule is CCCCSCCC(=O)NCc1nc(C)c(C)o1. The molecule has 5 heteroatoms. The van der Waals surface area contributed by atoms with Gasteiger partial charge in [-0.25, -0.2) is 4.98 Å². The molecule has 0 aliphatic carbocycles. The number of amides is 1. The van der Waals surface area contributed by atoms with E-state index in [-0.39, 0.29) is 5.91 Å². The molecule has 0 radical (unpaired) electrons. The Labute approximate surface area is 113 Å². The van der Waals surface area contributed by atoms with E-state index in [0.717, 1.165) is 23.0 Å². The number of aromatic nitrogens is 1. The maximum atomic E-state index is 11.5. The van der Waals surface area contributed by atoms with E-state index < -0.39 is 0 Å². The van der Waals surface area contributed by atoms with E-state index in [9.17, 15) is 4.79 Å². The molecule has 4 nitrogen and oxygen atoms in total. The number of thioether (sulfide) groups is 1. The molecule has 0 aromatic carbocycles. The van der Waals surface area contributed by atoms with Gasteiger partial charge < -0.3 is 9.73 Å². The summed E-state index contributed by atoms with van der Waals surface area (Å²) in [6, 6.07) is 0. The van der Waals surface area contributed by atoms with Crippen molar-refractivity contribution >= 4 is 17.7 Å². The van der Waals surface area contributed by atoms with Crippen LogP contribution in [0.15, 0.2) is 4.42 Å². The molecule has 18 heavy (non-hydrogen) atoms. The second kappa shape index (κ2) is 8.19. The second-order valence-corrected chi connectivity index (χ2v) is 5.47. The van der Waals surface area contributed by atoms with Gasteiger partial charge in [0, 0.05) is 12.2 Å². The van der Waals surface area contributed by atoms with E-state index in [1.165, 1.54) is 12.8 Å². The average Bonchev–Trinajstić information content (AvgIpc) is 2.66. The molecule has 1 N–H and O–H groups in total. The Morgan fingerprint density at radius 1 is 1.39 bits per heavy atom. The summed E-state index contributed by atoms with van der Waals surface area (Å²) in [5, 5.41) is 2.82. The van der Waals surface area contributed by atoms with Gasteiger partial charge in [0.25, 0.3) is 0 Å². The number of hydrogen-bond donors (Lipinski definition) is 1. The summed E-state index contributed by atoms with van der Waals surface area (Å²) in [7, 11) is 0. The lowest BCUT2D eigenvalue weighted by atomic mass is 10.4. The monoisotopic (exact) mass is 270 g/mol. The van der Waals surface area contributed by atoms with Gasteiger partial charge in [-0.15, -0.1) is 0 Å². The van der Waals surface area contributed by atoms with E-state index >= 15 is 0 Å². The minimum Gasteiger partial charge on any atom is -0.444 e. The van der Waals surface area contributed by atoms with Crippen molar-refractivity contribution in [2.24, 2.45) is 0 Å². The van der Waals surface area contributed by atoms with E-state index in [1.807, 2.05) is 25.6 Å². The summed E-state index contributed by atoms with van der Waals surface area (Å²) in [5.74, 6) is 3.48. The quantitative estimate of drug-likeness (QED) is 0.738. The van der Waals surface area contributed by atoms with Gasteiger partial charge in [-0.3, -0.25) is 4.79 Å². The molecule has 0 unspecified atom stereocenters. The standard InChI is InChI=1S/C13H22N2O2S/c1-4-5-7-18-8-6-12(16)14-9-13-15-10(2)11(3)17-13/h4-9H2,1-3H3,(H,14,16). The van der Waals surface area contributed by atoms with Crippen LogP contribution in [0.5, 0.6) is 0 Å². The van der Waals surface area contributed by atoms with Crippen LogP contribution in [0.1, 0.15) is 43.5 Å². The van der Waals surface area contributed by atoms with Crippen LogP contribution in [-0.2, 0) is 11.3 Å². The summed E-state index contributed by atoms with van der Waals surface area (Å²) in [6.45, 7) is 6.33. The number of unbranched alkanes of at least 4 members (excludes halogenated alkanes) is 1. The zero-order chi connectivity index (χ0) is 13.4. The maximum Gasteiger partial charge on any atom is 0.221 e. The van der Waals surface area contributed by atoms with E-state index in [2.05, 4.69) is 17.2 Å². The fourth-order valence-corrected chi connectivity index (χ4v) is 2.42. The number of hydrogen-bond acceptors (Lipinski definition) is 4. The summed E-state index contributed by atoms with van der Waals surface area (Å²) >= 11 is 1.83. The van der Waals surface area contributed by atoms with Crippen LogP contribution in [0.25, 0.3) is 0 Å². The predicted molar refractivity (Wildman–Crippen MR) is 74.7 cm³/mol. The summed E-state index contributed by atoms with van der Waals surface area (Å²) in [4.78, 5) is 15.8. The van der Waals surface area contributed by atoms with Gasteiger partial charge in [0.2, 0.25) is 11.8 Å². The topological polar surface area (TPSA) is 55.1 Å². The number of rotatable bonds is 8. The molecule has 0 aliphatic heterocycles. The summed E-state index contributed by atoms with van der Waals surface area (Å²) in [6.07, 6.45) is 3.00. The Balaban J connectivity index is 2.13. The minimum atomic E-state index is 0.0625. The molecule has 1 rings (SSSR count). The van der Waals surface area contributed by atoms with Crippen LogP contribution in [0.4, 0.5) is 0 Å². The highest BCUT2D eigenvalue weighted by Crippen LogP contribution is 2.08. The van der Waals surface area contributed by atoms with E-state index in [1.54, 1.807) is 0 Å². The van der Waals surface area contributed by atoms with Crippen molar-refractivity contribution in [1.82, 2.24) is 10.3 Å². The molecule has 1 aromatic rings. The molecular formula is C13H22N2O2S. The molecule has 0 spiro atoms. The molecule has 102 valence electrons. The first-order valence-corrected chi connectivity index (χ1v) is 7.56. The van der Waals surface area contributed by atoms with Gasteiger partial charge in [-0.1, -0.05) is 13.3 Å². The normalized spacial score (nSPS) is 10.6. The zero-order valence-corrected chi connectivity index (χ0v) is 12.2. The van der Waals surface area contributed by atoms with E-state index in [4.69, 9.17) is 4.42 Å². The van der Waals surface area contributed by atoms with Gasteiger partial charge in [0.05, 0.1) is 12.2 Å². The first-order valence-electron chi connectivity index (χ1n) is 6.40. The number of carbonyl (C=O) groups excluding carboxylic acids is 1. The summed E-state index contributed by atoms with van der Waals surface area (Å²) < 4.78 is 5.39. The number of nitrogens with one attached hydrogen (secondary N) is 1. The highest BCUT2D eigenvalue weighted by molar-refractivity contribution is 7.99. The number of oxazole rings is 1. The molecule has 1 heterocycles. The van der Waals surface area contributed by atoms with Gasteiger partial charge in [0.15, 0.2) is 0 Å². The fraction of sp³-hybridized carbons (Fsp3) is 0.692. The third kappa shape index (κ3) is 5.58. The first-order chi connectivity index (χ1) is 8.63. The van der Waals surface area contributed by atoms with Crippen LogP contribution in [0, 0.1) is 13.8 Å². The molecular weight excluding hydrogens is 248 g/mol. The van der Waals surface area contributed by atoms with Gasteiger partial charge in [0.1, 0.15) is 5.76 Å². The molecule has 0 aliphatic rings. The third-order valence-electron chi connectivity index (χ3n) is 2.63. The van der Waals surface area contributed by atoms with Crippen LogP contribution in [0.2, 0.25) is 0 Å². The lowest BCUT2D eigenvalue weighted by Crippen LogP contribution is -2.23. The number of nitrogens with zero attached hydrogens (tertiary/aromatic N) is 1. The van der Waals surface area contributed by atoms with Crippen LogP contribution in [0.3, 0.4) is 0 Å². The minimum absolute atomic E-state index is 0.0625. The average molecular weight is 270 g/mol. The van der Waals surface area contributed by atoms with Crippen molar-refractivity contribution in [3.05, 3.63) is 17.3 Å². The first kappa shape index (κ1) is 15.1. The Bertz CT molecular complexity index is 358. The van der Waals surface area contributed by atoms with Crippen molar-refractivity contribution in [2.45, 2.75) is 46.6 Å². The molecule has 0 fully saturated rings. The molecule has 0 saturated heterocycles. The fourth-order valence-electron chi connectivity index (χ4n) is 1.39. The van der Waals surface area contributed by atoms with Crippen molar-refractivity contribution in [2.75, 3.05) is 11.5 Å². The lowest BCUT2D eigenvalue weighted by Gasteiger charge is -2.02. The Kier molecular flexibility index (Phi) is 6.86. The molecule has 0 saturated carbocycles. The van der Waals surface area contributed by atoms with Crippen LogP contribution < -0.4 is 5.32 Å². The van der Waals surface area contributed by atoms with Gasteiger partial charge in [-0.2, -0.15) is 11.8 Å². The highest BCUT2D eigenvalue weighted by atomic mass is 32.2. The molecule has 0 bridgehead atoms. The predicted octanol–water partition coefficient (Wildman–Crippen LogP) is 2.83. The highest BCUT2D eigenvalue weighted by Gasteiger charge is 2.07.